The number of benzene rings is 1. The molecule has 7 nitrogen and oxygen atoms in total. The predicted octanol–water partition coefficient (Wildman–Crippen LogP) is 3.96. The van der Waals surface area contributed by atoms with E-state index in [0.29, 0.717) is 19.7 Å². The van der Waals surface area contributed by atoms with Crippen LogP contribution >= 0.6 is 0 Å². The lowest BCUT2D eigenvalue weighted by Crippen LogP contribution is -2.66. The number of nitrogens with zero attached hydrogens (tertiary/aromatic N) is 2. The minimum atomic E-state index is -0.569. The summed E-state index contributed by atoms with van der Waals surface area (Å²) < 4.78 is 17.3. The maximum Gasteiger partial charge on any atom is 0.411 e. The Morgan fingerprint density at radius 1 is 1.10 bits per heavy atom. The highest BCUT2D eigenvalue weighted by molar-refractivity contribution is 5.73. The minimum Gasteiger partial charge on any atom is -0.445 e. The highest BCUT2D eigenvalue weighted by Crippen LogP contribution is 2.41. The van der Waals surface area contributed by atoms with Gasteiger partial charge in [0, 0.05) is 13.1 Å². The van der Waals surface area contributed by atoms with Gasteiger partial charge in [0.05, 0.1) is 24.3 Å². The van der Waals surface area contributed by atoms with Gasteiger partial charge >= 0.3 is 12.2 Å². The zero-order valence-corrected chi connectivity index (χ0v) is 18.1. The molecular weight excluding hydrogens is 384 g/mol. The minimum absolute atomic E-state index is 0.0827. The fourth-order valence-corrected chi connectivity index (χ4v) is 4.37. The quantitative estimate of drug-likeness (QED) is 0.727. The topological polar surface area (TPSA) is 68.3 Å². The van der Waals surface area contributed by atoms with E-state index in [0.717, 1.165) is 31.2 Å². The number of likely N-dealkylation sites (tertiary alicyclic amines) is 1. The molecule has 30 heavy (non-hydrogen) atoms. The summed E-state index contributed by atoms with van der Waals surface area (Å²) in [5, 5.41) is 0. The van der Waals surface area contributed by atoms with Gasteiger partial charge in [-0.3, -0.25) is 4.90 Å². The summed E-state index contributed by atoms with van der Waals surface area (Å²) in [5.41, 5.74) is -0.173. The molecule has 2 bridgehead atoms. The summed E-state index contributed by atoms with van der Waals surface area (Å²) in [5.74, 6) is 0. The molecule has 1 saturated carbocycles. The van der Waals surface area contributed by atoms with Crippen molar-refractivity contribution in [2.24, 2.45) is 0 Å². The number of hydrogen-bond donors (Lipinski definition) is 0. The smallest absolute Gasteiger partial charge is 0.411 e. The molecule has 4 rings (SSSR count). The molecule has 2 saturated heterocycles. The Labute approximate surface area is 178 Å². The van der Waals surface area contributed by atoms with Crippen molar-refractivity contribution in [3.05, 3.63) is 35.9 Å². The first-order valence-electron chi connectivity index (χ1n) is 10.9. The molecule has 1 aliphatic carbocycles. The summed E-state index contributed by atoms with van der Waals surface area (Å²) in [6, 6.07) is 9.56. The predicted molar refractivity (Wildman–Crippen MR) is 111 cm³/mol. The second-order valence-electron chi connectivity index (χ2n) is 9.70. The van der Waals surface area contributed by atoms with Gasteiger partial charge in [-0.1, -0.05) is 30.3 Å². The molecule has 3 fully saturated rings. The van der Waals surface area contributed by atoms with E-state index in [1.807, 2.05) is 56.0 Å². The molecule has 2 atom stereocenters. The zero-order valence-electron chi connectivity index (χ0n) is 18.1. The third-order valence-corrected chi connectivity index (χ3v) is 5.90. The monoisotopic (exact) mass is 416 g/mol. The summed E-state index contributed by atoms with van der Waals surface area (Å²) in [4.78, 5) is 29.4. The molecule has 7 heteroatoms. The van der Waals surface area contributed by atoms with Crippen molar-refractivity contribution in [2.45, 2.75) is 76.3 Å². The maximum absolute atomic E-state index is 13.0. The van der Waals surface area contributed by atoms with Gasteiger partial charge in [-0.25, -0.2) is 9.59 Å². The van der Waals surface area contributed by atoms with Gasteiger partial charge in [-0.15, -0.1) is 0 Å². The Balaban J connectivity index is 1.46. The molecule has 0 unspecified atom stereocenters. The fourth-order valence-electron chi connectivity index (χ4n) is 4.37. The third-order valence-electron chi connectivity index (χ3n) is 5.90. The van der Waals surface area contributed by atoms with Crippen LogP contribution in [0.15, 0.2) is 30.3 Å². The Bertz CT molecular complexity index is 774. The van der Waals surface area contributed by atoms with Gasteiger partial charge in [0.25, 0.3) is 0 Å². The SMILES string of the molecule is CC(C)(C)OC(=O)N1[C@H]2CC[C@]1(COC1CC1)CN(C(=O)OCc1ccccc1)C2. The van der Waals surface area contributed by atoms with Crippen LogP contribution in [0.3, 0.4) is 0 Å². The molecule has 3 aliphatic rings. The first kappa shape index (κ1) is 21.0. The van der Waals surface area contributed by atoms with E-state index in [9.17, 15) is 9.59 Å². The average Bonchev–Trinajstić information content (AvgIpc) is 3.49. The first-order chi connectivity index (χ1) is 14.3. The molecule has 2 heterocycles. The van der Waals surface area contributed by atoms with E-state index >= 15 is 0 Å². The molecule has 0 radical (unpaired) electrons. The van der Waals surface area contributed by atoms with E-state index in [1.54, 1.807) is 4.90 Å². The largest absolute Gasteiger partial charge is 0.445 e. The number of rotatable bonds is 5. The maximum atomic E-state index is 13.0. The zero-order chi connectivity index (χ0) is 21.4. The van der Waals surface area contributed by atoms with Crippen molar-refractivity contribution >= 4 is 12.2 Å². The van der Waals surface area contributed by atoms with Gasteiger partial charge < -0.3 is 19.1 Å². The molecule has 2 aliphatic heterocycles. The number of carbonyl (C=O) groups excluding carboxylic acids is 2. The number of piperazine rings is 1. The fraction of sp³-hybridized carbons (Fsp3) is 0.652. The van der Waals surface area contributed by atoms with Gasteiger partial charge in [0.15, 0.2) is 0 Å². The summed E-state index contributed by atoms with van der Waals surface area (Å²) >= 11 is 0. The van der Waals surface area contributed by atoms with E-state index < -0.39 is 11.1 Å². The van der Waals surface area contributed by atoms with Crippen LogP contribution in [0.4, 0.5) is 9.59 Å². The Hall–Kier alpha value is -2.28. The molecule has 0 N–H and O–H groups in total. The van der Waals surface area contributed by atoms with E-state index in [1.165, 1.54) is 0 Å². The second kappa shape index (κ2) is 8.10. The van der Waals surface area contributed by atoms with Crippen molar-refractivity contribution < 1.29 is 23.8 Å². The van der Waals surface area contributed by atoms with Crippen LogP contribution in [0.25, 0.3) is 0 Å². The van der Waals surface area contributed by atoms with Crippen molar-refractivity contribution in [2.75, 3.05) is 19.7 Å². The van der Waals surface area contributed by atoms with E-state index in [4.69, 9.17) is 14.2 Å². The van der Waals surface area contributed by atoms with Gasteiger partial charge in [0.2, 0.25) is 0 Å². The van der Waals surface area contributed by atoms with E-state index in [-0.39, 0.29) is 30.9 Å². The lowest BCUT2D eigenvalue weighted by molar-refractivity contribution is -0.0638. The Morgan fingerprint density at radius 2 is 1.83 bits per heavy atom. The van der Waals surface area contributed by atoms with Crippen molar-refractivity contribution in [3.8, 4) is 0 Å². The Kier molecular flexibility index (Phi) is 5.66. The van der Waals surface area contributed by atoms with Crippen molar-refractivity contribution in [3.63, 3.8) is 0 Å². The lowest BCUT2D eigenvalue weighted by atomic mass is 9.96. The normalized spacial score (nSPS) is 25.9. The second-order valence-corrected chi connectivity index (χ2v) is 9.70. The number of amides is 2. The number of hydrogen-bond acceptors (Lipinski definition) is 5. The van der Waals surface area contributed by atoms with Gasteiger partial charge in [-0.2, -0.15) is 0 Å². The number of carbonyl (C=O) groups is 2. The molecule has 2 amide bonds. The molecule has 0 spiro atoms. The van der Waals surface area contributed by atoms with Crippen LogP contribution in [0.2, 0.25) is 0 Å². The highest BCUT2D eigenvalue weighted by Gasteiger charge is 2.56. The van der Waals surface area contributed by atoms with Crippen LogP contribution < -0.4 is 0 Å². The molecule has 0 aromatic heterocycles. The van der Waals surface area contributed by atoms with Crippen LogP contribution in [-0.4, -0.2) is 65.0 Å². The van der Waals surface area contributed by atoms with Crippen LogP contribution in [0.5, 0.6) is 0 Å². The highest BCUT2D eigenvalue weighted by atomic mass is 16.6. The van der Waals surface area contributed by atoms with Crippen LogP contribution in [0.1, 0.15) is 52.0 Å². The third kappa shape index (κ3) is 4.72. The van der Waals surface area contributed by atoms with Gasteiger partial charge in [0.1, 0.15) is 12.2 Å². The lowest BCUT2D eigenvalue weighted by Gasteiger charge is -2.48. The van der Waals surface area contributed by atoms with Crippen molar-refractivity contribution in [1.29, 1.82) is 0 Å². The molecule has 164 valence electrons. The molecule has 1 aromatic carbocycles. The van der Waals surface area contributed by atoms with Crippen LogP contribution in [-0.2, 0) is 20.8 Å². The summed E-state index contributed by atoms with van der Waals surface area (Å²) in [6.45, 7) is 7.14. The Morgan fingerprint density at radius 3 is 2.50 bits per heavy atom. The first-order valence-corrected chi connectivity index (χ1v) is 10.9. The molecule has 1 aromatic rings. The summed E-state index contributed by atoms with van der Waals surface area (Å²) in [7, 11) is 0. The average molecular weight is 417 g/mol. The standard InChI is InChI=1S/C23H32N2O5/c1-22(2,3)30-21(27)25-18-11-12-23(25,16-29-19-9-10-19)15-24(13-18)20(26)28-14-17-7-5-4-6-8-17/h4-8,18-19H,9-16H2,1-3H3/t18-,23+/m0/s1. The number of fused-ring (bicyclic) bond motifs is 2. The van der Waals surface area contributed by atoms with Crippen molar-refractivity contribution in [1.82, 2.24) is 9.80 Å². The summed E-state index contributed by atoms with van der Waals surface area (Å²) in [6.07, 6.45) is 3.37. The van der Waals surface area contributed by atoms with E-state index in [2.05, 4.69) is 0 Å². The van der Waals surface area contributed by atoms with Crippen LogP contribution in [0, 0.1) is 0 Å². The van der Waals surface area contributed by atoms with Gasteiger partial charge in [-0.05, 0) is 52.0 Å². The molecular formula is C23H32N2O5. The number of ether oxygens (including phenoxy) is 3.